The van der Waals surface area contributed by atoms with E-state index in [4.69, 9.17) is 5.73 Å². The summed E-state index contributed by atoms with van der Waals surface area (Å²) in [6, 6.07) is 6.62. The van der Waals surface area contributed by atoms with E-state index in [2.05, 4.69) is 52.9 Å². The van der Waals surface area contributed by atoms with Gasteiger partial charge in [0.1, 0.15) is 0 Å². The summed E-state index contributed by atoms with van der Waals surface area (Å²) >= 11 is 3.71. The molecule has 2 nitrogen and oxygen atoms in total. The summed E-state index contributed by atoms with van der Waals surface area (Å²) in [6.07, 6.45) is 3.85. The maximum absolute atomic E-state index is 5.94. The highest BCUT2D eigenvalue weighted by Gasteiger charge is 2.24. The van der Waals surface area contributed by atoms with Gasteiger partial charge in [0.15, 0.2) is 0 Å². The number of halogens is 1. The van der Waals surface area contributed by atoms with Gasteiger partial charge in [-0.2, -0.15) is 0 Å². The zero-order chi connectivity index (χ0) is 14.0. The van der Waals surface area contributed by atoms with Crippen molar-refractivity contribution in [3.8, 4) is 0 Å². The predicted octanol–water partition coefficient (Wildman–Crippen LogP) is 4.49. The van der Waals surface area contributed by atoms with Crippen molar-refractivity contribution in [2.45, 2.75) is 46.1 Å². The number of anilines is 1. The molecule has 0 spiro atoms. The van der Waals surface area contributed by atoms with Gasteiger partial charge < -0.3 is 10.6 Å². The lowest BCUT2D eigenvalue weighted by molar-refractivity contribution is 0.325. The van der Waals surface area contributed by atoms with Gasteiger partial charge in [-0.05, 0) is 65.2 Å². The van der Waals surface area contributed by atoms with Crippen LogP contribution in [0.15, 0.2) is 22.7 Å². The van der Waals surface area contributed by atoms with E-state index in [1.54, 1.807) is 0 Å². The molecule has 2 N–H and O–H groups in total. The summed E-state index contributed by atoms with van der Waals surface area (Å²) in [6.45, 7) is 9.08. The van der Waals surface area contributed by atoms with Gasteiger partial charge in [-0.3, -0.25) is 0 Å². The molecular formula is C16H25BrN2. The van der Waals surface area contributed by atoms with Crippen molar-refractivity contribution in [2.75, 3.05) is 18.0 Å². The van der Waals surface area contributed by atoms with E-state index in [-0.39, 0.29) is 6.04 Å². The third kappa shape index (κ3) is 3.73. The van der Waals surface area contributed by atoms with Gasteiger partial charge in [0.25, 0.3) is 0 Å². The molecule has 19 heavy (non-hydrogen) atoms. The summed E-state index contributed by atoms with van der Waals surface area (Å²) in [5.74, 6) is 0. The van der Waals surface area contributed by atoms with Crippen LogP contribution in [0.2, 0.25) is 0 Å². The largest absolute Gasteiger partial charge is 0.371 e. The minimum atomic E-state index is 0.0911. The van der Waals surface area contributed by atoms with Crippen molar-refractivity contribution in [1.82, 2.24) is 0 Å². The fourth-order valence-electron chi connectivity index (χ4n) is 2.73. The van der Waals surface area contributed by atoms with Gasteiger partial charge in [-0.15, -0.1) is 0 Å². The lowest BCUT2D eigenvalue weighted by atomic mass is 9.85. The van der Waals surface area contributed by atoms with Crippen LogP contribution in [0.1, 0.15) is 51.6 Å². The summed E-state index contributed by atoms with van der Waals surface area (Å²) in [4.78, 5) is 2.50. The van der Waals surface area contributed by atoms with Crippen LogP contribution in [-0.2, 0) is 0 Å². The highest BCUT2D eigenvalue weighted by Crippen LogP contribution is 2.35. The molecule has 0 saturated carbocycles. The van der Waals surface area contributed by atoms with Crippen molar-refractivity contribution in [3.63, 3.8) is 0 Å². The number of rotatable bonds is 2. The van der Waals surface area contributed by atoms with E-state index < -0.39 is 0 Å². The zero-order valence-electron chi connectivity index (χ0n) is 12.2. The Labute approximate surface area is 125 Å². The third-order valence-electron chi connectivity index (χ3n) is 4.18. The summed E-state index contributed by atoms with van der Waals surface area (Å²) in [5.41, 5.74) is 8.91. The molecule has 3 heteroatoms. The topological polar surface area (TPSA) is 29.3 Å². The standard InChI is InChI=1S/C16H25BrN2/c1-12(18)13-5-6-15(14(17)11-13)19-9-4-7-16(2,3)8-10-19/h5-6,11-12H,4,7-10,18H2,1-3H3/t12-/m0/s1. The van der Waals surface area contributed by atoms with E-state index in [0.717, 1.165) is 13.1 Å². The summed E-state index contributed by atoms with van der Waals surface area (Å²) in [5, 5.41) is 0. The molecule has 1 saturated heterocycles. The quantitative estimate of drug-likeness (QED) is 0.868. The molecule has 1 aromatic rings. The van der Waals surface area contributed by atoms with E-state index >= 15 is 0 Å². The average molecular weight is 325 g/mol. The smallest absolute Gasteiger partial charge is 0.0510 e. The first-order valence-electron chi connectivity index (χ1n) is 7.19. The first kappa shape index (κ1) is 14.9. The zero-order valence-corrected chi connectivity index (χ0v) is 13.8. The van der Waals surface area contributed by atoms with Crippen molar-refractivity contribution in [2.24, 2.45) is 11.1 Å². The molecule has 2 rings (SSSR count). The minimum Gasteiger partial charge on any atom is -0.371 e. The fraction of sp³-hybridized carbons (Fsp3) is 0.625. The highest BCUT2D eigenvalue weighted by molar-refractivity contribution is 9.10. The average Bonchev–Trinajstić information content (AvgIpc) is 2.50. The monoisotopic (exact) mass is 324 g/mol. The molecule has 0 unspecified atom stereocenters. The Kier molecular flexibility index (Phi) is 4.57. The molecule has 106 valence electrons. The van der Waals surface area contributed by atoms with E-state index in [1.165, 1.54) is 35.0 Å². The van der Waals surface area contributed by atoms with Crippen LogP contribution >= 0.6 is 15.9 Å². The SMILES string of the molecule is C[C@H](N)c1ccc(N2CCCC(C)(C)CC2)c(Br)c1. The van der Waals surface area contributed by atoms with Crippen LogP contribution in [-0.4, -0.2) is 13.1 Å². The van der Waals surface area contributed by atoms with Gasteiger partial charge in [-0.1, -0.05) is 19.9 Å². The van der Waals surface area contributed by atoms with Crippen molar-refractivity contribution < 1.29 is 0 Å². The molecule has 1 aromatic carbocycles. The van der Waals surface area contributed by atoms with Gasteiger partial charge in [0.05, 0.1) is 5.69 Å². The van der Waals surface area contributed by atoms with Crippen LogP contribution in [0.25, 0.3) is 0 Å². The van der Waals surface area contributed by atoms with Gasteiger partial charge in [0.2, 0.25) is 0 Å². The predicted molar refractivity (Wildman–Crippen MR) is 86.6 cm³/mol. The molecular weight excluding hydrogens is 300 g/mol. The Bertz CT molecular complexity index is 440. The first-order chi connectivity index (χ1) is 8.89. The number of hydrogen-bond donors (Lipinski definition) is 1. The maximum atomic E-state index is 5.94. The molecule has 1 atom stereocenters. The molecule has 0 amide bonds. The Morgan fingerprint density at radius 3 is 2.63 bits per heavy atom. The van der Waals surface area contributed by atoms with Crippen LogP contribution in [0.4, 0.5) is 5.69 Å². The second-order valence-corrected chi connectivity index (χ2v) is 7.36. The lowest BCUT2D eigenvalue weighted by Crippen LogP contribution is -2.25. The van der Waals surface area contributed by atoms with E-state index in [9.17, 15) is 0 Å². The van der Waals surface area contributed by atoms with Crippen LogP contribution in [0.3, 0.4) is 0 Å². The Morgan fingerprint density at radius 1 is 1.26 bits per heavy atom. The third-order valence-corrected chi connectivity index (χ3v) is 4.81. The van der Waals surface area contributed by atoms with Gasteiger partial charge >= 0.3 is 0 Å². The number of nitrogens with zero attached hydrogens (tertiary/aromatic N) is 1. The lowest BCUT2D eigenvalue weighted by Gasteiger charge is -2.26. The van der Waals surface area contributed by atoms with Crippen molar-refractivity contribution in [1.29, 1.82) is 0 Å². The second kappa shape index (κ2) is 5.84. The Hall–Kier alpha value is -0.540. The minimum absolute atomic E-state index is 0.0911. The second-order valence-electron chi connectivity index (χ2n) is 6.50. The molecule has 0 bridgehead atoms. The summed E-state index contributed by atoms with van der Waals surface area (Å²) < 4.78 is 1.17. The Morgan fingerprint density at radius 2 is 2.00 bits per heavy atom. The fourth-order valence-corrected chi connectivity index (χ4v) is 3.37. The normalized spacial score (nSPS) is 21.0. The Balaban J connectivity index is 2.18. The molecule has 1 fully saturated rings. The van der Waals surface area contributed by atoms with Gasteiger partial charge in [-0.25, -0.2) is 0 Å². The molecule has 0 aromatic heterocycles. The number of benzene rings is 1. The van der Waals surface area contributed by atoms with E-state index in [1.807, 2.05) is 6.92 Å². The molecule has 1 aliphatic heterocycles. The first-order valence-corrected chi connectivity index (χ1v) is 7.98. The summed E-state index contributed by atoms with van der Waals surface area (Å²) in [7, 11) is 0. The molecule has 0 aliphatic carbocycles. The van der Waals surface area contributed by atoms with E-state index in [0.29, 0.717) is 5.41 Å². The van der Waals surface area contributed by atoms with Crippen LogP contribution in [0, 0.1) is 5.41 Å². The van der Waals surface area contributed by atoms with Crippen molar-refractivity contribution >= 4 is 21.6 Å². The van der Waals surface area contributed by atoms with Crippen molar-refractivity contribution in [3.05, 3.63) is 28.2 Å². The number of nitrogens with two attached hydrogens (primary N) is 1. The maximum Gasteiger partial charge on any atom is 0.0510 e. The van der Waals surface area contributed by atoms with Crippen LogP contribution < -0.4 is 10.6 Å². The number of hydrogen-bond acceptors (Lipinski definition) is 2. The molecule has 0 radical (unpaired) electrons. The van der Waals surface area contributed by atoms with Gasteiger partial charge in [0, 0.05) is 23.6 Å². The molecule has 1 heterocycles. The van der Waals surface area contributed by atoms with Crippen LogP contribution in [0.5, 0.6) is 0 Å². The highest BCUT2D eigenvalue weighted by atomic mass is 79.9. The molecule has 1 aliphatic rings.